The van der Waals surface area contributed by atoms with Gasteiger partial charge >= 0.3 is 0 Å². The summed E-state index contributed by atoms with van der Waals surface area (Å²) in [6.07, 6.45) is 3.81. The molecule has 0 atom stereocenters. The molecule has 19 heavy (non-hydrogen) atoms. The van der Waals surface area contributed by atoms with Crippen molar-refractivity contribution in [2.75, 3.05) is 11.4 Å². The largest absolute Gasteiger partial charge is 0.346 e. The first-order valence-electron chi connectivity index (χ1n) is 6.32. The summed E-state index contributed by atoms with van der Waals surface area (Å²) in [6.45, 7) is 6.37. The Balaban J connectivity index is 2.02. The molecule has 1 aliphatic heterocycles. The fourth-order valence-corrected chi connectivity index (χ4v) is 2.54. The Hall–Kier alpha value is -2.35. The van der Waals surface area contributed by atoms with Gasteiger partial charge in [0.2, 0.25) is 0 Å². The van der Waals surface area contributed by atoms with Gasteiger partial charge in [-0.05, 0) is 25.5 Å². The van der Waals surface area contributed by atoms with Crippen LogP contribution in [-0.4, -0.2) is 21.1 Å². The maximum atomic E-state index is 9.34. The van der Waals surface area contributed by atoms with Crippen LogP contribution in [0, 0.1) is 25.2 Å². The molecule has 0 saturated carbocycles. The quantitative estimate of drug-likeness (QED) is 0.777. The molecule has 0 saturated heterocycles. The summed E-state index contributed by atoms with van der Waals surface area (Å²) in [5.74, 6) is 1.81. The first kappa shape index (κ1) is 11.7. The minimum Gasteiger partial charge on any atom is -0.346 e. The molecule has 5 nitrogen and oxygen atoms in total. The number of nitrogens with zero attached hydrogens (tertiary/aromatic N) is 5. The molecule has 0 fully saturated rings. The number of aromatic nitrogens is 3. The van der Waals surface area contributed by atoms with Gasteiger partial charge in [-0.3, -0.25) is 0 Å². The topological polar surface area (TPSA) is 57.7 Å². The van der Waals surface area contributed by atoms with E-state index in [1.54, 1.807) is 0 Å². The van der Waals surface area contributed by atoms with Crippen LogP contribution in [0.1, 0.15) is 22.6 Å². The zero-order valence-electron chi connectivity index (χ0n) is 11.1. The molecule has 1 aliphatic rings. The van der Waals surface area contributed by atoms with Crippen molar-refractivity contribution in [3.8, 4) is 6.07 Å². The highest BCUT2D eigenvalue weighted by Crippen LogP contribution is 2.25. The van der Waals surface area contributed by atoms with Crippen molar-refractivity contribution in [2.45, 2.75) is 26.9 Å². The minimum atomic E-state index is 0.672. The molecule has 0 amide bonds. The Morgan fingerprint density at radius 1 is 1.32 bits per heavy atom. The van der Waals surface area contributed by atoms with Gasteiger partial charge < -0.3 is 9.47 Å². The summed E-state index contributed by atoms with van der Waals surface area (Å²) < 4.78 is 2.14. The van der Waals surface area contributed by atoms with Crippen LogP contribution in [0.15, 0.2) is 18.5 Å². The number of pyridine rings is 1. The number of hydrogen-bond acceptors (Lipinski definition) is 4. The van der Waals surface area contributed by atoms with Crippen LogP contribution in [0.4, 0.5) is 5.82 Å². The lowest BCUT2D eigenvalue weighted by molar-refractivity contribution is 0.555. The number of anilines is 1. The number of rotatable bonds is 1. The van der Waals surface area contributed by atoms with Gasteiger partial charge in [0, 0.05) is 31.2 Å². The lowest BCUT2D eigenvalue weighted by atomic mass is 10.1. The molecule has 0 aromatic carbocycles. The van der Waals surface area contributed by atoms with Gasteiger partial charge in [0.15, 0.2) is 0 Å². The normalized spacial score (nSPS) is 14.1. The predicted octanol–water partition coefficient (Wildman–Crippen LogP) is 1.79. The monoisotopic (exact) mass is 253 g/mol. The number of fused-ring (bicyclic) bond motifs is 1. The second kappa shape index (κ2) is 4.39. The molecule has 0 unspecified atom stereocenters. The lowest BCUT2D eigenvalue weighted by Gasteiger charge is -2.29. The van der Waals surface area contributed by atoms with Crippen LogP contribution in [0.25, 0.3) is 0 Å². The highest BCUT2D eigenvalue weighted by Gasteiger charge is 2.21. The average Bonchev–Trinajstić information content (AvgIpc) is 2.85. The van der Waals surface area contributed by atoms with E-state index in [4.69, 9.17) is 0 Å². The molecule has 0 bridgehead atoms. The second-order valence-corrected chi connectivity index (χ2v) is 4.85. The number of aryl methyl sites for hydroxylation is 2. The number of nitriles is 1. The van der Waals surface area contributed by atoms with Gasteiger partial charge in [0.25, 0.3) is 0 Å². The first-order valence-corrected chi connectivity index (χ1v) is 6.32. The average molecular weight is 253 g/mol. The lowest BCUT2D eigenvalue weighted by Crippen LogP contribution is -2.35. The summed E-state index contributed by atoms with van der Waals surface area (Å²) in [4.78, 5) is 11.0. The molecule has 2 aromatic heterocycles. The number of imidazole rings is 1. The smallest absolute Gasteiger partial charge is 0.147 e. The van der Waals surface area contributed by atoms with E-state index in [0.29, 0.717) is 12.1 Å². The molecular weight excluding hydrogens is 238 g/mol. The third kappa shape index (κ3) is 1.95. The van der Waals surface area contributed by atoms with Gasteiger partial charge in [-0.2, -0.15) is 5.26 Å². The van der Waals surface area contributed by atoms with E-state index in [1.165, 1.54) is 0 Å². The molecule has 0 spiro atoms. The van der Waals surface area contributed by atoms with Crippen molar-refractivity contribution in [3.05, 3.63) is 41.1 Å². The van der Waals surface area contributed by atoms with Crippen LogP contribution in [0.3, 0.4) is 0 Å². The SMILES string of the molecule is Cc1cc(C)c(C#N)c(N2CCn3ccnc3C2)n1. The number of hydrogen-bond donors (Lipinski definition) is 0. The van der Waals surface area contributed by atoms with Crippen molar-refractivity contribution in [1.29, 1.82) is 5.26 Å². The predicted molar refractivity (Wildman–Crippen MR) is 71.7 cm³/mol. The Bertz CT molecular complexity index is 665. The van der Waals surface area contributed by atoms with Crippen molar-refractivity contribution in [2.24, 2.45) is 0 Å². The van der Waals surface area contributed by atoms with Crippen molar-refractivity contribution in [1.82, 2.24) is 14.5 Å². The van der Waals surface area contributed by atoms with Gasteiger partial charge in [-0.1, -0.05) is 0 Å². The summed E-state index contributed by atoms with van der Waals surface area (Å²) in [5.41, 5.74) is 2.60. The molecular formula is C14H15N5. The Labute approximate surface area is 112 Å². The highest BCUT2D eigenvalue weighted by molar-refractivity contribution is 5.58. The Morgan fingerprint density at radius 3 is 2.95 bits per heavy atom. The zero-order valence-corrected chi connectivity index (χ0v) is 11.1. The van der Waals surface area contributed by atoms with E-state index in [0.717, 1.165) is 36.0 Å². The summed E-state index contributed by atoms with van der Waals surface area (Å²) in [6, 6.07) is 4.23. The summed E-state index contributed by atoms with van der Waals surface area (Å²) in [5, 5.41) is 9.34. The molecule has 2 aromatic rings. The molecule has 0 aliphatic carbocycles. The van der Waals surface area contributed by atoms with Crippen molar-refractivity contribution in [3.63, 3.8) is 0 Å². The molecule has 3 rings (SSSR count). The minimum absolute atomic E-state index is 0.672. The fraction of sp³-hybridized carbons (Fsp3) is 0.357. The Kier molecular flexibility index (Phi) is 2.71. The molecule has 96 valence electrons. The van der Waals surface area contributed by atoms with Gasteiger partial charge in [0.1, 0.15) is 17.7 Å². The van der Waals surface area contributed by atoms with E-state index >= 15 is 0 Å². The molecule has 5 heteroatoms. The van der Waals surface area contributed by atoms with Crippen molar-refractivity contribution < 1.29 is 0 Å². The summed E-state index contributed by atoms with van der Waals surface area (Å²) in [7, 11) is 0. The van der Waals surface area contributed by atoms with E-state index in [-0.39, 0.29) is 0 Å². The first-order chi connectivity index (χ1) is 9.19. The van der Waals surface area contributed by atoms with Gasteiger partial charge in [-0.25, -0.2) is 9.97 Å². The molecule has 0 N–H and O–H groups in total. The van der Waals surface area contributed by atoms with E-state index < -0.39 is 0 Å². The van der Waals surface area contributed by atoms with Crippen LogP contribution in [-0.2, 0) is 13.1 Å². The zero-order chi connectivity index (χ0) is 13.4. The molecule has 0 radical (unpaired) electrons. The van der Waals surface area contributed by atoms with Crippen LogP contribution < -0.4 is 4.90 Å². The van der Waals surface area contributed by atoms with Crippen LogP contribution >= 0.6 is 0 Å². The third-order valence-electron chi connectivity index (χ3n) is 3.48. The Morgan fingerprint density at radius 2 is 2.16 bits per heavy atom. The summed E-state index contributed by atoms with van der Waals surface area (Å²) >= 11 is 0. The third-order valence-corrected chi connectivity index (χ3v) is 3.48. The second-order valence-electron chi connectivity index (χ2n) is 4.85. The van der Waals surface area contributed by atoms with Crippen LogP contribution in [0.5, 0.6) is 0 Å². The van der Waals surface area contributed by atoms with Gasteiger partial charge in [0.05, 0.1) is 12.1 Å². The van der Waals surface area contributed by atoms with Gasteiger partial charge in [-0.15, -0.1) is 0 Å². The fourth-order valence-electron chi connectivity index (χ4n) is 2.54. The molecule has 3 heterocycles. The standard InChI is InChI=1S/C14H15N5/c1-10-7-11(2)17-14(12(10)8-15)19-6-5-18-4-3-16-13(18)9-19/h3-4,7H,5-6,9H2,1-2H3. The maximum Gasteiger partial charge on any atom is 0.147 e. The highest BCUT2D eigenvalue weighted by atomic mass is 15.3. The van der Waals surface area contributed by atoms with E-state index in [2.05, 4.69) is 25.5 Å². The van der Waals surface area contributed by atoms with E-state index in [9.17, 15) is 5.26 Å². The van der Waals surface area contributed by atoms with Crippen LogP contribution in [0.2, 0.25) is 0 Å². The maximum absolute atomic E-state index is 9.34. The van der Waals surface area contributed by atoms with Crippen molar-refractivity contribution >= 4 is 5.82 Å². The van der Waals surface area contributed by atoms with E-state index in [1.807, 2.05) is 32.3 Å².